The number of nitrogens with two attached hydrogens (primary N) is 1. The molecule has 4 amide bonds. The summed E-state index contributed by atoms with van der Waals surface area (Å²) < 4.78 is 0. The fraction of sp³-hybridized carbons (Fsp3) is 0.812. The lowest BCUT2D eigenvalue weighted by Crippen LogP contribution is -2.52. The first-order valence-electron chi connectivity index (χ1n) is 8.65. The molecule has 1 unspecified atom stereocenters. The maximum absolute atomic E-state index is 12.7. The van der Waals surface area contributed by atoms with Crippen molar-refractivity contribution in [2.24, 2.45) is 5.73 Å². The van der Waals surface area contributed by atoms with E-state index in [0.29, 0.717) is 12.8 Å². The van der Waals surface area contributed by atoms with Crippen LogP contribution in [-0.2, 0) is 9.59 Å². The summed E-state index contributed by atoms with van der Waals surface area (Å²) in [5.74, 6) is -0.502. The number of hydrogen-bond acceptors (Lipinski definition) is 4. The quantitative estimate of drug-likeness (QED) is 0.663. The number of nitrogens with zero attached hydrogens (tertiary/aromatic N) is 1. The standard InChI is InChI=1S/C16H26N4O3/c1-10(13(21)18-12-6-4-11(17)5-7-12)20-14(22)16(19-15(20)23)8-2-3-9-16/h10-12H,2-9,17H2,1H3,(H,18,21)(H,19,23). The molecule has 2 aliphatic carbocycles. The van der Waals surface area contributed by atoms with Crippen LogP contribution >= 0.6 is 0 Å². The van der Waals surface area contributed by atoms with Crippen molar-refractivity contribution in [1.29, 1.82) is 0 Å². The minimum atomic E-state index is -0.780. The van der Waals surface area contributed by atoms with Gasteiger partial charge in [-0.15, -0.1) is 0 Å². The van der Waals surface area contributed by atoms with Crippen LogP contribution in [0, 0.1) is 0 Å². The number of carbonyl (C=O) groups excluding carboxylic acids is 3. The molecule has 0 aromatic carbocycles. The predicted molar refractivity (Wildman–Crippen MR) is 84.4 cm³/mol. The third kappa shape index (κ3) is 2.94. The highest BCUT2D eigenvalue weighted by molar-refractivity contribution is 6.09. The topological polar surface area (TPSA) is 105 Å². The maximum Gasteiger partial charge on any atom is 0.325 e. The first-order chi connectivity index (χ1) is 10.9. The summed E-state index contributed by atoms with van der Waals surface area (Å²) in [4.78, 5) is 38.5. The molecule has 4 N–H and O–H groups in total. The van der Waals surface area contributed by atoms with Crippen molar-refractivity contribution >= 4 is 17.8 Å². The van der Waals surface area contributed by atoms with E-state index in [4.69, 9.17) is 5.73 Å². The molecule has 1 atom stereocenters. The first kappa shape index (κ1) is 16.2. The van der Waals surface area contributed by atoms with Crippen molar-refractivity contribution in [1.82, 2.24) is 15.5 Å². The van der Waals surface area contributed by atoms with Crippen LogP contribution in [0.25, 0.3) is 0 Å². The molecule has 128 valence electrons. The molecule has 0 bridgehead atoms. The minimum absolute atomic E-state index is 0.0888. The van der Waals surface area contributed by atoms with Gasteiger partial charge in [0.2, 0.25) is 5.91 Å². The molecule has 3 fully saturated rings. The highest BCUT2D eigenvalue weighted by atomic mass is 16.2. The largest absolute Gasteiger partial charge is 0.352 e. The third-order valence-corrected chi connectivity index (χ3v) is 5.54. The van der Waals surface area contributed by atoms with Crippen molar-refractivity contribution in [3.8, 4) is 0 Å². The Kier molecular flexibility index (Phi) is 4.31. The zero-order chi connectivity index (χ0) is 16.6. The van der Waals surface area contributed by atoms with Crippen LogP contribution in [0.2, 0.25) is 0 Å². The van der Waals surface area contributed by atoms with E-state index < -0.39 is 17.6 Å². The molecule has 0 aromatic heterocycles. The van der Waals surface area contributed by atoms with Gasteiger partial charge in [0, 0.05) is 12.1 Å². The normalized spacial score (nSPS) is 31.3. The number of hydrogen-bond donors (Lipinski definition) is 3. The minimum Gasteiger partial charge on any atom is -0.352 e. The zero-order valence-electron chi connectivity index (χ0n) is 13.6. The lowest BCUT2D eigenvalue weighted by molar-refractivity contribution is -0.138. The van der Waals surface area contributed by atoms with Gasteiger partial charge >= 0.3 is 6.03 Å². The number of nitrogens with one attached hydrogen (secondary N) is 2. The molecule has 7 nitrogen and oxygen atoms in total. The average molecular weight is 322 g/mol. The Bertz CT molecular complexity index is 507. The number of urea groups is 1. The van der Waals surface area contributed by atoms with Crippen LogP contribution in [0.5, 0.6) is 0 Å². The average Bonchev–Trinajstić information content (AvgIpc) is 3.07. The van der Waals surface area contributed by atoms with Gasteiger partial charge in [-0.2, -0.15) is 0 Å². The van der Waals surface area contributed by atoms with E-state index in [-0.39, 0.29) is 23.9 Å². The van der Waals surface area contributed by atoms with Crippen molar-refractivity contribution in [2.45, 2.75) is 82.0 Å². The van der Waals surface area contributed by atoms with Gasteiger partial charge in [0.25, 0.3) is 5.91 Å². The SMILES string of the molecule is CC(C(=O)NC1CCC(N)CC1)N1C(=O)NC2(CCCC2)C1=O. The van der Waals surface area contributed by atoms with Crippen molar-refractivity contribution in [2.75, 3.05) is 0 Å². The van der Waals surface area contributed by atoms with Crippen LogP contribution in [0.15, 0.2) is 0 Å². The summed E-state index contributed by atoms with van der Waals surface area (Å²) in [7, 11) is 0. The molecular weight excluding hydrogens is 296 g/mol. The lowest BCUT2D eigenvalue weighted by atomic mass is 9.91. The Morgan fingerprint density at radius 3 is 2.48 bits per heavy atom. The molecule has 1 aliphatic heterocycles. The Labute approximate surface area is 136 Å². The Morgan fingerprint density at radius 1 is 1.26 bits per heavy atom. The number of amides is 4. The van der Waals surface area contributed by atoms with E-state index >= 15 is 0 Å². The molecular formula is C16H26N4O3. The second-order valence-corrected chi connectivity index (χ2v) is 7.19. The van der Waals surface area contributed by atoms with Crippen LogP contribution in [0.4, 0.5) is 4.79 Å². The van der Waals surface area contributed by atoms with Crippen molar-refractivity contribution in [3.05, 3.63) is 0 Å². The second kappa shape index (κ2) is 6.11. The monoisotopic (exact) mass is 322 g/mol. The van der Waals surface area contributed by atoms with Gasteiger partial charge in [-0.1, -0.05) is 12.8 Å². The van der Waals surface area contributed by atoms with Crippen LogP contribution < -0.4 is 16.4 Å². The molecule has 3 aliphatic rings. The van der Waals surface area contributed by atoms with Crippen molar-refractivity contribution < 1.29 is 14.4 Å². The fourth-order valence-electron chi connectivity index (χ4n) is 4.01. The van der Waals surface area contributed by atoms with E-state index in [2.05, 4.69) is 10.6 Å². The van der Waals surface area contributed by atoms with E-state index in [1.54, 1.807) is 6.92 Å². The summed E-state index contributed by atoms with van der Waals surface area (Å²) in [6, 6.07) is -0.914. The smallest absolute Gasteiger partial charge is 0.325 e. The molecule has 0 radical (unpaired) electrons. The highest BCUT2D eigenvalue weighted by Gasteiger charge is 2.54. The molecule has 1 spiro atoms. The van der Waals surface area contributed by atoms with E-state index in [1.165, 1.54) is 0 Å². The van der Waals surface area contributed by atoms with Gasteiger partial charge in [-0.25, -0.2) is 9.69 Å². The zero-order valence-corrected chi connectivity index (χ0v) is 13.6. The molecule has 1 saturated heterocycles. The van der Waals surface area contributed by atoms with Gasteiger partial charge in [0.05, 0.1) is 0 Å². The molecule has 23 heavy (non-hydrogen) atoms. The van der Waals surface area contributed by atoms with Gasteiger partial charge in [-0.05, 0) is 45.4 Å². The van der Waals surface area contributed by atoms with Crippen molar-refractivity contribution in [3.63, 3.8) is 0 Å². The Morgan fingerprint density at radius 2 is 1.87 bits per heavy atom. The fourth-order valence-corrected chi connectivity index (χ4v) is 4.01. The van der Waals surface area contributed by atoms with E-state index in [1.807, 2.05) is 0 Å². The van der Waals surface area contributed by atoms with Crippen LogP contribution in [-0.4, -0.2) is 46.4 Å². The second-order valence-electron chi connectivity index (χ2n) is 7.19. The number of rotatable bonds is 3. The first-order valence-corrected chi connectivity index (χ1v) is 8.65. The van der Waals surface area contributed by atoms with E-state index in [0.717, 1.165) is 43.4 Å². The Hall–Kier alpha value is -1.63. The maximum atomic E-state index is 12.7. The van der Waals surface area contributed by atoms with Gasteiger partial charge in [0.15, 0.2) is 0 Å². The molecule has 7 heteroatoms. The van der Waals surface area contributed by atoms with Crippen LogP contribution in [0.1, 0.15) is 58.3 Å². The predicted octanol–water partition coefficient (Wildman–Crippen LogP) is 0.626. The summed E-state index contributed by atoms with van der Waals surface area (Å²) in [5, 5.41) is 5.78. The Balaban J connectivity index is 1.63. The summed E-state index contributed by atoms with van der Waals surface area (Å²) >= 11 is 0. The molecule has 1 heterocycles. The van der Waals surface area contributed by atoms with E-state index in [9.17, 15) is 14.4 Å². The summed E-state index contributed by atoms with van der Waals surface area (Å²) in [6.45, 7) is 1.62. The number of carbonyl (C=O) groups is 3. The highest BCUT2D eigenvalue weighted by Crippen LogP contribution is 2.35. The number of imide groups is 1. The van der Waals surface area contributed by atoms with Crippen LogP contribution in [0.3, 0.4) is 0 Å². The van der Waals surface area contributed by atoms with Gasteiger partial charge < -0.3 is 16.4 Å². The third-order valence-electron chi connectivity index (χ3n) is 5.54. The molecule has 0 aromatic rings. The van der Waals surface area contributed by atoms with Gasteiger partial charge in [-0.3, -0.25) is 9.59 Å². The lowest BCUT2D eigenvalue weighted by Gasteiger charge is -2.29. The molecule has 3 rings (SSSR count). The van der Waals surface area contributed by atoms with Gasteiger partial charge in [0.1, 0.15) is 11.6 Å². The molecule has 2 saturated carbocycles. The summed E-state index contributed by atoms with van der Waals surface area (Å²) in [5.41, 5.74) is 5.11. The summed E-state index contributed by atoms with van der Waals surface area (Å²) in [6.07, 6.45) is 6.70.